The lowest BCUT2D eigenvalue weighted by atomic mass is 10.1. The third kappa shape index (κ3) is 7.51. The van der Waals surface area contributed by atoms with Crippen LogP contribution in [0.15, 0.2) is 60.7 Å². The van der Waals surface area contributed by atoms with Crippen LogP contribution in [0.5, 0.6) is 11.5 Å². The molecule has 1 N–H and O–H groups in total. The lowest BCUT2D eigenvalue weighted by Crippen LogP contribution is -2.29. The first-order valence-electron chi connectivity index (χ1n) is 13.2. The van der Waals surface area contributed by atoms with Crippen molar-refractivity contribution in [3.8, 4) is 11.5 Å². The highest BCUT2D eigenvalue weighted by atomic mass is 35.5. The highest BCUT2D eigenvalue weighted by molar-refractivity contribution is 6.31. The first-order valence-corrected chi connectivity index (χ1v) is 13.6. The molecule has 0 aliphatic carbocycles. The van der Waals surface area contributed by atoms with Crippen LogP contribution in [-0.4, -0.2) is 35.2 Å². The van der Waals surface area contributed by atoms with Gasteiger partial charge in [-0.1, -0.05) is 42.3 Å². The summed E-state index contributed by atoms with van der Waals surface area (Å²) in [5.41, 5.74) is 5.27. The van der Waals surface area contributed by atoms with Gasteiger partial charge in [0.15, 0.2) is 6.61 Å². The molecule has 0 fully saturated rings. The molecule has 200 valence electrons. The van der Waals surface area contributed by atoms with Gasteiger partial charge in [0.05, 0.1) is 17.6 Å². The second-order valence-corrected chi connectivity index (χ2v) is 10.1. The Kier molecular flexibility index (Phi) is 9.66. The summed E-state index contributed by atoms with van der Waals surface area (Å²) in [5.74, 6) is 2.55. The van der Waals surface area contributed by atoms with Gasteiger partial charge in [-0.2, -0.15) is 0 Å². The standard InChI is InChI=1S/C31H36ClN3O3/c1-22-12-13-23(2)29(19-22)38-21-31(36)33-16-8-4-5-11-30-34-27-9-6-7-10-28(27)35(30)17-18-37-25-14-15-26(32)24(3)20-25/h6-7,9-10,12-15,19-20H,4-5,8,11,16-18,21H2,1-3H3,(H,33,36). The largest absolute Gasteiger partial charge is 0.492 e. The number of carbonyl (C=O) groups excluding carboxylic acids is 1. The summed E-state index contributed by atoms with van der Waals surface area (Å²) in [6.45, 7) is 7.90. The second kappa shape index (κ2) is 13.3. The van der Waals surface area contributed by atoms with E-state index in [2.05, 4.69) is 22.0 Å². The number of benzene rings is 3. The maximum absolute atomic E-state index is 12.2. The fraction of sp³-hybridized carbons (Fsp3) is 0.355. The van der Waals surface area contributed by atoms with Crippen molar-refractivity contribution in [1.29, 1.82) is 0 Å². The van der Waals surface area contributed by atoms with Gasteiger partial charge < -0.3 is 19.4 Å². The number of hydrogen-bond acceptors (Lipinski definition) is 4. The van der Waals surface area contributed by atoms with Gasteiger partial charge in [-0.05, 0) is 86.7 Å². The van der Waals surface area contributed by atoms with Gasteiger partial charge >= 0.3 is 0 Å². The van der Waals surface area contributed by atoms with Gasteiger partial charge in [0.2, 0.25) is 0 Å². The number of carbonyl (C=O) groups is 1. The Morgan fingerprint density at radius 3 is 2.63 bits per heavy atom. The van der Waals surface area contributed by atoms with Crippen molar-refractivity contribution in [3.63, 3.8) is 0 Å². The molecule has 4 rings (SSSR count). The van der Waals surface area contributed by atoms with E-state index < -0.39 is 0 Å². The quantitative estimate of drug-likeness (QED) is 0.197. The lowest BCUT2D eigenvalue weighted by Gasteiger charge is -2.12. The van der Waals surface area contributed by atoms with Crippen molar-refractivity contribution in [3.05, 3.63) is 88.2 Å². The molecule has 4 aromatic rings. The fourth-order valence-corrected chi connectivity index (χ4v) is 4.51. The number of fused-ring (bicyclic) bond motifs is 1. The van der Waals surface area contributed by atoms with E-state index in [0.29, 0.717) is 19.7 Å². The van der Waals surface area contributed by atoms with Crippen LogP contribution in [0.2, 0.25) is 5.02 Å². The molecule has 0 aliphatic rings. The highest BCUT2D eigenvalue weighted by Crippen LogP contribution is 2.22. The summed E-state index contributed by atoms with van der Waals surface area (Å²) in [6, 6.07) is 19.9. The van der Waals surface area contributed by atoms with Gasteiger partial charge in [0, 0.05) is 18.0 Å². The maximum atomic E-state index is 12.2. The van der Waals surface area contributed by atoms with E-state index in [1.54, 1.807) is 0 Å². The normalized spacial score (nSPS) is 11.1. The molecule has 0 saturated carbocycles. The number of nitrogens with zero attached hydrogens (tertiary/aromatic N) is 2. The molecule has 0 radical (unpaired) electrons. The molecule has 0 atom stereocenters. The number of imidazole rings is 1. The van der Waals surface area contributed by atoms with Crippen molar-refractivity contribution in [1.82, 2.24) is 14.9 Å². The molecule has 7 heteroatoms. The van der Waals surface area contributed by atoms with E-state index >= 15 is 0 Å². The zero-order valence-electron chi connectivity index (χ0n) is 22.4. The molecule has 0 unspecified atom stereocenters. The Hall–Kier alpha value is -3.51. The van der Waals surface area contributed by atoms with Gasteiger partial charge in [-0.3, -0.25) is 4.79 Å². The fourth-order valence-electron chi connectivity index (χ4n) is 4.40. The third-order valence-electron chi connectivity index (χ3n) is 6.55. The van der Waals surface area contributed by atoms with Crippen molar-refractivity contribution in [2.24, 2.45) is 0 Å². The first-order chi connectivity index (χ1) is 18.4. The molecule has 0 bridgehead atoms. The number of nitrogens with one attached hydrogen (secondary N) is 1. The van der Waals surface area contributed by atoms with E-state index in [1.807, 2.05) is 69.3 Å². The first kappa shape index (κ1) is 27.5. The molecular formula is C31H36ClN3O3. The van der Waals surface area contributed by atoms with E-state index in [9.17, 15) is 4.79 Å². The average molecular weight is 534 g/mol. The predicted octanol–water partition coefficient (Wildman–Crippen LogP) is 6.60. The molecule has 3 aromatic carbocycles. The van der Waals surface area contributed by atoms with Crippen LogP contribution >= 0.6 is 11.6 Å². The van der Waals surface area contributed by atoms with E-state index in [-0.39, 0.29) is 12.5 Å². The Morgan fingerprint density at radius 2 is 1.79 bits per heavy atom. The molecule has 1 aromatic heterocycles. The molecule has 0 spiro atoms. The van der Waals surface area contributed by atoms with Crippen LogP contribution < -0.4 is 14.8 Å². The van der Waals surface area contributed by atoms with E-state index in [1.165, 1.54) is 0 Å². The number of para-hydroxylation sites is 2. The zero-order valence-corrected chi connectivity index (χ0v) is 23.2. The van der Waals surface area contributed by atoms with Crippen molar-refractivity contribution < 1.29 is 14.3 Å². The molecular weight excluding hydrogens is 498 g/mol. The zero-order chi connectivity index (χ0) is 26.9. The number of ether oxygens (including phenoxy) is 2. The van der Waals surface area contributed by atoms with Crippen LogP contribution in [-0.2, 0) is 17.8 Å². The third-order valence-corrected chi connectivity index (χ3v) is 6.97. The Bertz CT molecular complexity index is 1380. The van der Waals surface area contributed by atoms with Crippen molar-refractivity contribution >= 4 is 28.5 Å². The van der Waals surface area contributed by atoms with Crippen LogP contribution in [0.1, 0.15) is 41.8 Å². The molecule has 6 nitrogen and oxygen atoms in total. The van der Waals surface area contributed by atoms with Crippen LogP contribution in [0.25, 0.3) is 11.0 Å². The van der Waals surface area contributed by atoms with Crippen molar-refractivity contribution in [2.45, 2.75) is 53.0 Å². The molecule has 38 heavy (non-hydrogen) atoms. The molecule has 0 saturated heterocycles. The molecule has 1 amide bonds. The van der Waals surface area contributed by atoms with Crippen molar-refractivity contribution in [2.75, 3.05) is 19.8 Å². The summed E-state index contributed by atoms with van der Waals surface area (Å²) in [5, 5.41) is 3.70. The minimum atomic E-state index is -0.0939. The summed E-state index contributed by atoms with van der Waals surface area (Å²) >= 11 is 6.13. The molecule has 0 aliphatic heterocycles. The van der Waals surface area contributed by atoms with Crippen LogP contribution in [0.4, 0.5) is 0 Å². The maximum Gasteiger partial charge on any atom is 0.257 e. The van der Waals surface area contributed by atoms with Gasteiger partial charge in [-0.25, -0.2) is 4.98 Å². The number of halogens is 1. The lowest BCUT2D eigenvalue weighted by molar-refractivity contribution is -0.123. The number of rotatable bonds is 13. The Balaban J connectivity index is 1.21. The number of aryl methyl sites for hydroxylation is 4. The minimum Gasteiger partial charge on any atom is -0.492 e. The number of aromatic nitrogens is 2. The predicted molar refractivity (Wildman–Crippen MR) is 153 cm³/mol. The Labute approximate surface area is 229 Å². The van der Waals surface area contributed by atoms with Gasteiger partial charge in [-0.15, -0.1) is 0 Å². The van der Waals surface area contributed by atoms with Crippen LogP contribution in [0.3, 0.4) is 0 Å². The van der Waals surface area contributed by atoms with Gasteiger partial charge in [0.25, 0.3) is 5.91 Å². The van der Waals surface area contributed by atoms with E-state index in [4.69, 9.17) is 26.1 Å². The van der Waals surface area contributed by atoms with Gasteiger partial charge in [0.1, 0.15) is 23.9 Å². The number of unbranched alkanes of at least 4 members (excludes halogenated alkanes) is 2. The molecule has 1 heterocycles. The summed E-state index contributed by atoms with van der Waals surface area (Å²) in [6.07, 6.45) is 3.78. The summed E-state index contributed by atoms with van der Waals surface area (Å²) in [7, 11) is 0. The topological polar surface area (TPSA) is 65.4 Å². The minimum absolute atomic E-state index is 0.0337. The SMILES string of the molecule is Cc1ccc(C)c(OCC(=O)NCCCCCc2nc3ccccc3n2CCOc2ccc(Cl)c(C)c2)c1. The smallest absolute Gasteiger partial charge is 0.257 e. The van der Waals surface area contributed by atoms with Crippen LogP contribution in [0, 0.1) is 20.8 Å². The summed E-state index contributed by atoms with van der Waals surface area (Å²) in [4.78, 5) is 17.1. The highest BCUT2D eigenvalue weighted by Gasteiger charge is 2.11. The second-order valence-electron chi connectivity index (χ2n) is 9.65. The van der Waals surface area contributed by atoms with E-state index in [0.717, 1.165) is 75.8 Å². The monoisotopic (exact) mass is 533 g/mol. The number of amides is 1. The summed E-state index contributed by atoms with van der Waals surface area (Å²) < 4.78 is 13.9. The number of hydrogen-bond donors (Lipinski definition) is 1. The Morgan fingerprint density at radius 1 is 0.947 bits per heavy atom. The average Bonchev–Trinajstić information content (AvgIpc) is 3.26.